The topological polar surface area (TPSA) is 53.4 Å². The van der Waals surface area contributed by atoms with E-state index in [1.165, 1.54) is 4.68 Å². The average molecular weight is 358 g/mol. The Balaban J connectivity index is 2.12. The number of nitrogens with one attached hydrogen (secondary N) is 1. The van der Waals surface area contributed by atoms with Crippen molar-refractivity contribution in [1.82, 2.24) is 20.0 Å². The summed E-state index contributed by atoms with van der Waals surface area (Å²) in [6.45, 7) is 3.30. The molecule has 0 unspecified atom stereocenters. The van der Waals surface area contributed by atoms with E-state index in [4.69, 9.17) is 0 Å². The maximum atomic E-state index is 12.4. The molecule has 1 N–H and O–H groups in total. The first kappa shape index (κ1) is 16.5. The molecule has 0 amide bonds. The summed E-state index contributed by atoms with van der Waals surface area (Å²) in [5, 5.41) is 7.63. The normalized spacial score (nSPS) is 16.7. The van der Waals surface area contributed by atoms with Crippen molar-refractivity contribution in [3.8, 4) is 0 Å². The third kappa shape index (κ3) is 4.05. The first-order valence-electron chi connectivity index (χ1n) is 7.35. The maximum Gasteiger partial charge on any atom is 0.283 e. The Morgan fingerprint density at radius 3 is 2.67 bits per heavy atom. The van der Waals surface area contributed by atoms with Crippen molar-refractivity contribution in [3.63, 3.8) is 0 Å². The minimum atomic E-state index is -0.0508. The molecular formula is C14H24BrN5O. The van der Waals surface area contributed by atoms with Crippen LogP contribution in [-0.4, -0.2) is 61.5 Å². The van der Waals surface area contributed by atoms with Gasteiger partial charge in [-0.1, -0.05) is 0 Å². The van der Waals surface area contributed by atoms with Crippen molar-refractivity contribution in [1.29, 1.82) is 0 Å². The van der Waals surface area contributed by atoms with Crippen LogP contribution in [0.25, 0.3) is 0 Å². The number of nitrogens with zero attached hydrogens (tertiary/aromatic N) is 4. The van der Waals surface area contributed by atoms with E-state index in [2.05, 4.69) is 31.2 Å². The zero-order chi connectivity index (χ0) is 15.4. The van der Waals surface area contributed by atoms with E-state index in [-0.39, 0.29) is 5.56 Å². The van der Waals surface area contributed by atoms with Gasteiger partial charge in [0.1, 0.15) is 4.47 Å². The van der Waals surface area contributed by atoms with Gasteiger partial charge in [-0.15, -0.1) is 0 Å². The average Bonchev–Trinajstić information content (AvgIpc) is 2.49. The number of rotatable bonds is 5. The number of hydrogen-bond donors (Lipinski definition) is 1. The van der Waals surface area contributed by atoms with E-state index in [1.807, 2.05) is 26.0 Å². The SMILES string of the molecule is CNC1CCN(c2cnn(CCN(C)C)c(=O)c2Br)CC1. The van der Waals surface area contributed by atoms with Crippen molar-refractivity contribution in [2.24, 2.45) is 0 Å². The van der Waals surface area contributed by atoms with Gasteiger partial charge in [0, 0.05) is 25.7 Å². The Hall–Kier alpha value is -0.920. The fourth-order valence-corrected chi connectivity index (χ4v) is 3.10. The first-order valence-corrected chi connectivity index (χ1v) is 8.14. The molecule has 1 fully saturated rings. The lowest BCUT2D eigenvalue weighted by molar-refractivity contribution is 0.367. The Morgan fingerprint density at radius 2 is 2.10 bits per heavy atom. The van der Waals surface area contributed by atoms with Crippen molar-refractivity contribution in [2.45, 2.75) is 25.4 Å². The molecule has 6 nitrogen and oxygen atoms in total. The van der Waals surface area contributed by atoms with Gasteiger partial charge in [-0.2, -0.15) is 5.10 Å². The molecule has 7 heteroatoms. The molecule has 1 aliphatic heterocycles. The van der Waals surface area contributed by atoms with Crippen molar-refractivity contribution >= 4 is 21.6 Å². The second kappa shape index (κ2) is 7.38. The molecule has 1 aromatic heterocycles. The number of piperidine rings is 1. The molecule has 0 atom stereocenters. The van der Waals surface area contributed by atoms with Gasteiger partial charge in [-0.25, -0.2) is 4.68 Å². The van der Waals surface area contributed by atoms with Crippen LogP contribution in [0, 0.1) is 0 Å². The lowest BCUT2D eigenvalue weighted by atomic mass is 10.1. The molecule has 21 heavy (non-hydrogen) atoms. The predicted molar refractivity (Wildman–Crippen MR) is 89.0 cm³/mol. The molecule has 1 aromatic rings. The van der Waals surface area contributed by atoms with E-state index < -0.39 is 0 Å². The highest BCUT2D eigenvalue weighted by Crippen LogP contribution is 2.24. The third-order valence-corrected chi connectivity index (χ3v) is 4.71. The number of anilines is 1. The summed E-state index contributed by atoms with van der Waals surface area (Å²) in [6, 6.07) is 0.577. The third-order valence-electron chi connectivity index (χ3n) is 3.97. The zero-order valence-corrected chi connectivity index (χ0v) is 14.6. The summed E-state index contributed by atoms with van der Waals surface area (Å²) < 4.78 is 2.15. The standard InChI is InChI=1S/C14H24BrN5O/c1-16-11-4-6-19(7-5-11)12-10-17-20(9-8-18(2)3)14(21)13(12)15/h10-11,16H,4-9H2,1-3H3. The summed E-state index contributed by atoms with van der Waals surface area (Å²) in [7, 11) is 5.98. The van der Waals surface area contributed by atoms with E-state index in [0.29, 0.717) is 17.1 Å². The van der Waals surface area contributed by atoms with E-state index in [1.54, 1.807) is 6.20 Å². The van der Waals surface area contributed by atoms with E-state index in [9.17, 15) is 4.79 Å². The molecule has 0 aliphatic carbocycles. The summed E-state index contributed by atoms with van der Waals surface area (Å²) >= 11 is 3.46. The van der Waals surface area contributed by atoms with Gasteiger partial charge < -0.3 is 15.1 Å². The summed E-state index contributed by atoms with van der Waals surface area (Å²) in [5.41, 5.74) is 0.862. The van der Waals surface area contributed by atoms with Crippen LogP contribution in [-0.2, 0) is 6.54 Å². The van der Waals surface area contributed by atoms with E-state index >= 15 is 0 Å². The van der Waals surface area contributed by atoms with Crippen LogP contribution in [0.15, 0.2) is 15.5 Å². The molecule has 0 radical (unpaired) electrons. The summed E-state index contributed by atoms with van der Waals surface area (Å²) in [6.07, 6.45) is 3.99. The lowest BCUT2D eigenvalue weighted by Crippen LogP contribution is -2.42. The largest absolute Gasteiger partial charge is 0.369 e. The fraction of sp³-hybridized carbons (Fsp3) is 0.714. The van der Waals surface area contributed by atoms with Crippen LogP contribution >= 0.6 is 15.9 Å². The smallest absolute Gasteiger partial charge is 0.283 e. The molecule has 1 aliphatic rings. The minimum absolute atomic E-state index is 0.0508. The lowest BCUT2D eigenvalue weighted by Gasteiger charge is -2.33. The van der Waals surface area contributed by atoms with Gasteiger partial charge in [0.25, 0.3) is 5.56 Å². The summed E-state index contributed by atoms with van der Waals surface area (Å²) in [5.74, 6) is 0. The number of halogens is 1. The van der Waals surface area contributed by atoms with E-state index in [0.717, 1.165) is 38.2 Å². The summed E-state index contributed by atoms with van der Waals surface area (Å²) in [4.78, 5) is 16.6. The zero-order valence-electron chi connectivity index (χ0n) is 13.0. The van der Waals surface area contributed by atoms with Crippen LogP contribution in [0.2, 0.25) is 0 Å². The van der Waals surface area contributed by atoms with Gasteiger partial charge in [0.2, 0.25) is 0 Å². The number of likely N-dealkylation sites (N-methyl/N-ethyl adjacent to an activating group) is 1. The second-order valence-electron chi connectivity index (χ2n) is 5.73. The number of hydrogen-bond acceptors (Lipinski definition) is 5. The second-order valence-corrected chi connectivity index (χ2v) is 6.52. The fourth-order valence-electron chi connectivity index (χ4n) is 2.54. The molecule has 1 saturated heterocycles. The van der Waals surface area contributed by atoms with Crippen LogP contribution in [0.1, 0.15) is 12.8 Å². The molecule has 0 spiro atoms. The first-order chi connectivity index (χ1) is 10.0. The molecule has 0 saturated carbocycles. The Labute approximate surface area is 134 Å². The monoisotopic (exact) mass is 357 g/mol. The molecule has 0 bridgehead atoms. The highest BCUT2D eigenvalue weighted by molar-refractivity contribution is 9.10. The Morgan fingerprint density at radius 1 is 1.43 bits per heavy atom. The maximum absolute atomic E-state index is 12.4. The molecule has 2 heterocycles. The molecule has 2 rings (SSSR count). The molecule has 118 valence electrons. The predicted octanol–water partition coefficient (Wildman–Crippen LogP) is 0.756. The number of aromatic nitrogens is 2. The van der Waals surface area contributed by atoms with Gasteiger partial charge in [-0.05, 0) is 49.9 Å². The van der Waals surface area contributed by atoms with Crippen LogP contribution in [0.4, 0.5) is 5.69 Å². The Kier molecular flexibility index (Phi) is 5.78. The van der Waals surface area contributed by atoms with Gasteiger partial charge >= 0.3 is 0 Å². The quantitative estimate of drug-likeness (QED) is 0.842. The van der Waals surface area contributed by atoms with Crippen molar-refractivity contribution < 1.29 is 0 Å². The molecular weight excluding hydrogens is 334 g/mol. The highest BCUT2D eigenvalue weighted by Gasteiger charge is 2.21. The van der Waals surface area contributed by atoms with Crippen molar-refractivity contribution in [2.75, 3.05) is 45.7 Å². The van der Waals surface area contributed by atoms with Crippen LogP contribution < -0.4 is 15.8 Å². The van der Waals surface area contributed by atoms with Crippen molar-refractivity contribution in [3.05, 3.63) is 21.0 Å². The van der Waals surface area contributed by atoms with Gasteiger partial charge in [-0.3, -0.25) is 4.79 Å². The highest BCUT2D eigenvalue weighted by atomic mass is 79.9. The molecule has 0 aromatic carbocycles. The van der Waals surface area contributed by atoms with Crippen LogP contribution in [0.3, 0.4) is 0 Å². The van der Waals surface area contributed by atoms with Crippen LogP contribution in [0.5, 0.6) is 0 Å². The Bertz CT molecular complexity index is 523. The minimum Gasteiger partial charge on any atom is -0.369 e. The van der Waals surface area contributed by atoms with Gasteiger partial charge in [0.15, 0.2) is 0 Å². The van der Waals surface area contributed by atoms with Gasteiger partial charge in [0.05, 0.1) is 18.4 Å².